The molecular weight excluding hydrogens is 262 g/mol. The van der Waals surface area contributed by atoms with Gasteiger partial charge < -0.3 is 15.2 Å². The number of benzene rings is 1. The van der Waals surface area contributed by atoms with E-state index in [0.717, 1.165) is 18.6 Å². The fourth-order valence-electron chi connectivity index (χ4n) is 4.21. The van der Waals surface area contributed by atoms with Crippen molar-refractivity contribution in [3.8, 4) is 5.75 Å². The fourth-order valence-corrected chi connectivity index (χ4v) is 4.21. The summed E-state index contributed by atoms with van der Waals surface area (Å²) in [6.45, 7) is 0.317. The molecule has 2 N–H and O–H groups in total. The van der Waals surface area contributed by atoms with Crippen LogP contribution in [0.25, 0.3) is 0 Å². The molecule has 0 radical (unpaired) electrons. The smallest absolute Gasteiger partial charge is 0.122 e. The third kappa shape index (κ3) is 3.09. The molecule has 0 bridgehead atoms. The number of methoxy groups -OCH3 is 1. The number of aliphatic hydroxyl groups is 1. The van der Waals surface area contributed by atoms with Gasteiger partial charge in [0.15, 0.2) is 0 Å². The molecule has 1 saturated carbocycles. The quantitative estimate of drug-likeness (QED) is 0.874. The molecule has 1 aromatic rings. The SMILES string of the molecule is COc1cccc2c1CCC[C@@H]2N[C@H]1CCC[C@H]1CCO. The van der Waals surface area contributed by atoms with Gasteiger partial charge in [-0.05, 0) is 61.6 Å². The summed E-state index contributed by atoms with van der Waals surface area (Å²) in [5, 5.41) is 13.1. The van der Waals surface area contributed by atoms with Gasteiger partial charge in [-0.1, -0.05) is 18.6 Å². The van der Waals surface area contributed by atoms with Gasteiger partial charge in [-0.15, -0.1) is 0 Å². The zero-order valence-electron chi connectivity index (χ0n) is 13.0. The van der Waals surface area contributed by atoms with E-state index in [4.69, 9.17) is 4.74 Å². The van der Waals surface area contributed by atoms with Gasteiger partial charge in [-0.25, -0.2) is 0 Å². The highest BCUT2D eigenvalue weighted by molar-refractivity contribution is 5.43. The first-order chi connectivity index (χ1) is 10.3. The third-order valence-corrected chi connectivity index (χ3v) is 5.26. The number of fused-ring (bicyclic) bond motifs is 1. The van der Waals surface area contributed by atoms with E-state index < -0.39 is 0 Å². The molecule has 3 nitrogen and oxygen atoms in total. The summed E-state index contributed by atoms with van der Waals surface area (Å²) in [5.41, 5.74) is 2.82. The van der Waals surface area contributed by atoms with Crippen molar-refractivity contribution in [2.24, 2.45) is 5.92 Å². The molecule has 0 spiro atoms. The van der Waals surface area contributed by atoms with Crippen molar-refractivity contribution in [2.45, 2.75) is 57.0 Å². The predicted molar refractivity (Wildman–Crippen MR) is 84.6 cm³/mol. The van der Waals surface area contributed by atoms with Gasteiger partial charge in [0.25, 0.3) is 0 Å². The van der Waals surface area contributed by atoms with E-state index in [1.807, 2.05) is 0 Å². The lowest BCUT2D eigenvalue weighted by atomic mass is 9.86. The highest BCUT2D eigenvalue weighted by atomic mass is 16.5. The molecule has 0 unspecified atom stereocenters. The Morgan fingerprint density at radius 1 is 1.24 bits per heavy atom. The normalized spacial score (nSPS) is 28.4. The molecule has 116 valence electrons. The lowest BCUT2D eigenvalue weighted by Crippen LogP contribution is -2.37. The van der Waals surface area contributed by atoms with E-state index in [9.17, 15) is 5.11 Å². The van der Waals surface area contributed by atoms with E-state index in [1.165, 1.54) is 43.2 Å². The van der Waals surface area contributed by atoms with Crippen molar-refractivity contribution < 1.29 is 9.84 Å². The molecule has 2 aliphatic rings. The van der Waals surface area contributed by atoms with Crippen LogP contribution in [0.15, 0.2) is 18.2 Å². The van der Waals surface area contributed by atoms with Gasteiger partial charge >= 0.3 is 0 Å². The highest BCUT2D eigenvalue weighted by Crippen LogP contribution is 2.37. The minimum atomic E-state index is 0.317. The minimum Gasteiger partial charge on any atom is -0.496 e. The lowest BCUT2D eigenvalue weighted by molar-refractivity contribution is 0.233. The molecule has 21 heavy (non-hydrogen) atoms. The average molecular weight is 289 g/mol. The largest absolute Gasteiger partial charge is 0.496 e. The molecule has 0 aliphatic heterocycles. The van der Waals surface area contributed by atoms with Crippen LogP contribution in [0.5, 0.6) is 5.75 Å². The Morgan fingerprint density at radius 3 is 2.95 bits per heavy atom. The van der Waals surface area contributed by atoms with E-state index in [1.54, 1.807) is 7.11 Å². The number of aliphatic hydroxyl groups excluding tert-OH is 1. The van der Waals surface area contributed by atoms with Gasteiger partial charge in [-0.3, -0.25) is 0 Å². The molecule has 0 heterocycles. The monoisotopic (exact) mass is 289 g/mol. The van der Waals surface area contributed by atoms with Crippen LogP contribution in [-0.2, 0) is 6.42 Å². The Hall–Kier alpha value is -1.06. The number of ether oxygens (including phenoxy) is 1. The maximum absolute atomic E-state index is 9.23. The molecule has 3 rings (SSSR count). The van der Waals surface area contributed by atoms with Gasteiger partial charge in [-0.2, -0.15) is 0 Å². The van der Waals surface area contributed by atoms with Crippen molar-refractivity contribution in [3.05, 3.63) is 29.3 Å². The lowest BCUT2D eigenvalue weighted by Gasteiger charge is -2.32. The summed E-state index contributed by atoms with van der Waals surface area (Å²) in [5.74, 6) is 1.68. The predicted octanol–water partition coefficient (Wildman–Crippen LogP) is 3.21. The van der Waals surface area contributed by atoms with Crippen LogP contribution in [0.1, 0.15) is 55.7 Å². The maximum Gasteiger partial charge on any atom is 0.122 e. The Kier molecular flexibility index (Phi) is 4.81. The second-order valence-electron chi connectivity index (χ2n) is 6.45. The maximum atomic E-state index is 9.23. The first-order valence-electron chi connectivity index (χ1n) is 8.36. The van der Waals surface area contributed by atoms with Crippen molar-refractivity contribution in [2.75, 3.05) is 13.7 Å². The van der Waals surface area contributed by atoms with Crippen LogP contribution in [0, 0.1) is 5.92 Å². The van der Waals surface area contributed by atoms with Gasteiger partial charge in [0.2, 0.25) is 0 Å². The van der Waals surface area contributed by atoms with E-state index >= 15 is 0 Å². The van der Waals surface area contributed by atoms with Crippen LogP contribution < -0.4 is 10.1 Å². The first kappa shape index (κ1) is 14.9. The van der Waals surface area contributed by atoms with Crippen molar-refractivity contribution in [1.29, 1.82) is 0 Å². The number of nitrogens with one attached hydrogen (secondary N) is 1. The van der Waals surface area contributed by atoms with Crippen LogP contribution >= 0.6 is 0 Å². The number of hydrogen-bond donors (Lipinski definition) is 2. The van der Waals surface area contributed by atoms with Crippen molar-refractivity contribution in [1.82, 2.24) is 5.32 Å². The fraction of sp³-hybridized carbons (Fsp3) is 0.667. The van der Waals surface area contributed by atoms with Gasteiger partial charge in [0.1, 0.15) is 5.75 Å². The molecule has 2 aliphatic carbocycles. The molecule has 3 heteroatoms. The van der Waals surface area contributed by atoms with Crippen LogP contribution in [-0.4, -0.2) is 24.9 Å². The molecule has 0 saturated heterocycles. The molecule has 0 amide bonds. The van der Waals surface area contributed by atoms with E-state index in [-0.39, 0.29) is 0 Å². The second kappa shape index (κ2) is 6.80. The third-order valence-electron chi connectivity index (χ3n) is 5.26. The Bertz CT molecular complexity index is 474. The molecule has 1 aromatic carbocycles. The van der Waals surface area contributed by atoms with Crippen LogP contribution in [0.2, 0.25) is 0 Å². The zero-order chi connectivity index (χ0) is 14.7. The topological polar surface area (TPSA) is 41.5 Å². The molecule has 3 atom stereocenters. The van der Waals surface area contributed by atoms with Crippen molar-refractivity contribution in [3.63, 3.8) is 0 Å². The van der Waals surface area contributed by atoms with Crippen molar-refractivity contribution >= 4 is 0 Å². The minimum absolute atomic E-state index is 0.317. The molecule has 1 fully saturated rings. The molecular formula is C18H27NO2. The van der Waals surface area contributed by atoms with Crippen LogP contribution in [0.4, 0.5) is 0 Å². The highest BCUT2D eigenvalue weighted by Gasteiger charge is 2.31. The Balaban J connectivity index is 1.76. The summed E-state index contributed by atoms with van der Waals surface area (Å²) >= 11 is 0. The summed E-state index contributed by atoms with van der Waals surface area (Å²) in [6.07, 6.45) is 8.30. The zero-order valence-corrected chi connectivity index (χ0v) is 13.0. The van der Waals surface area contributed by atoms with Gasteiger partial charge in [0.05, 0.1) is 7.11 Å². The number of hydrogen-bond acceptors (Lipinski definition) is 3. The standard InChI is InChI=1S/C18H27NO2/c1-21-18-10-4-6-14-15(18)7-3-9-17(14)19-16-8-2-5-13(16)11-12-20/h4,6,10,13,16-17,19-20H,2-3,5,7-9,11-12H2,1H3/t13-,16-,17-/m0/s1. The summed E-state index contributed by atoms with van der Waals surface area (Å²) in [6, 6.07) is 7.46. The summed E-state index contributed by atoms with van der Waals surface area (Å²) < 4.78 is 5.53. The van der Waals surface area contributed by atoms with E-state index in [0.29, 0.717) is 24.6 Å². The Morgan fingerprint density at radius 2 is 2.14 bits per heavy atom. The van der Waals surface area contributed by atoms with Gasteiger partial charge in [0, 0.05) is 18.7 Å². The summed E-state index contributed by atoms with van der Waals surface area (Å²) in [7, 11) is 1.76. The van der Waals surface area contributed by atoms with E-state index in [2.05, 4.69) is 23.5 Å². The first-order valence-corrected chi connectivity index (χ1v) is 8.36. The Labute approximate surface area is 127 Å². The molecule has 0 aromatic heterocycles. The number of rotatable bonds is 5. The summed E-state index contributed by atoms with van der Waals surface area (Å²) in [4.78, 5) is 0. The van der Waals surface area contributed by atoms with Crippen LogP contribution in [0.3, 0.4) is 0 Å². The second-order valence-corrected chi connectivity index (χ2v) is 6.45. The average Bonchev–Trinajstić information content (AvgIpc) is 2.94.